The summed E-state index contributed by atoms with van der Waals surface area (Å²) in [6.45, 7) is -0.654. The molecule has 1 heterocycles. The van der Waals surface area contributed by atoms with Crippen LogP contribution in [0.4, 0.5) is 0 Å². The van der Waals surface area contributed by atoms with Crippen molar-refractivity contribution in [3.05, 3.63) is 102 Å². The highest BCUT2D eigenvalue weighted by atomic mass is 16.6. The number of ether oxygens (including phenoxy) is 2. The average Bonchev–Trinajstić information content (AvgIpc) is 3.14. The molecule has 156 valence electrons. The van der Waals surface area contributed by atoms with Crippen LogP contribution in [0, 0.1) is 0 Å². The molecule has 31 heavy (non-hydrogen) atoms. The SMILES string of the molecule is O=C1OC(CO)(COC(=O)c2ccccc2)C/C1=C\c1ccc(-c2ccccc2)cc1. The topological polar surface area (TPSA) is 72.8 Å². The highest BCUT2D eigenvalue weighted by molar-refractivity contribution is 5.96. The highest BCUT2D eigenvalue weighted by Gasteiger charge is 2.44. The van der Waals surface area contributed by atoms with Crippen LogP contribution in [-0.2, 0) is 14.3 Å². The standard InChI is InChI=1S/C26H22O5/c27-17-26(18-30-24(28)22-9-5-2-6-10-22)16-23(25(29)31-26)15-19-11-13-21(14-12-19)20-7-3-1-4-8-20/h1-15,27H,16-18H2/b23-15+. The van der Waals surface area contributed by atoms with Crippen molar-refractivity contribution >= 4 is 18.0 Å². The summed E-state index contributed by atoms with van der Waals surface area (Å²) in [4.78, 5) is 24.6. The van der Waals surface area contributed by atoms with Crippen LogP contribution in [0.25, 0.3) is 17.2 Å². The fourth-order valence-electron chi connectivity index (χ4n) is 3.50. The van der Waals surface area contributed by atoms with Gasteiger partial charge >= 0.3 is 11.9 Å². The van der Waals surface area contributed by atoms with E-state index in [9.17, 15) is 14.7 Å². The molecule has 0 aromatic heterocycles. The number of rotatable bonds is 6. The fourth-order valence-corrected chi connectivity index (χ4v) is 3.50. The van der Waals surface area contributed by atoms with Crippen LogP contribution in [0.3, 0.4) is 0 Å². The molecule has 0 bridgehead atoms. The van der Waals surface area contributed by atoms with Crippen molar-refractivity contribution in [3.63, 3.8) is 0 Å². The molecule has 1 saturated heterocycles. The molecule has 3 aromatic carbocycles. The number of esters is 2. The third-order valence-corrected chi connectivity index (χ3v) is 5.21. The van der Waals surface area contributed by atoms with Crippen LogP contribution in [0.15, 0.2) is 90.5 Å². The molecule has 0 radical (unpaired) electrons. The molecule has 1 aliphatic heterocycles. The van der Waals surface area contributed by atoms with E-state index in [0.29, 0.717) is 11.1 Å². The van der Waals surface area contributed by atoms with Gasteiger partial charge in [-0.2, -0.15) is 0 Å². The summed E-state index contributed by atoms with van der Waals surface area (Å²) in [5.74, 6) is -1.05. The molecular weight excluding hydrogens is 392 g/mol. The van der Waals surface area contributed by atoms with Crippen molar-refractivity contribution in [2.24, 2.45) is 0 Å². The number of hydrogen-bond donors (Lipinski definition) is 1. The van der Waals surface area contributed by atoms with Crippen LogP contribution >= 0.6 is 0 Å². The second-order valence-corrected chi connectivity index (χ2v) is 7.51. The minimum Gasteiger partial charge on any atom is -0.458 e. The summed E-state index contributed by atoms with van der Waals surface area (Å²) in [6.07, 6.45) is 1.90. The molecule has 0 aliphatic carbocycles. The van der Waals surface area contributed by atoms with Gasteiger partial charge in [0.2, 0.25) is 0 Å². The first-order valence-corrected chi connectivity index (χ1v) is 10.0. The Labute approximate surface area is 180 Å². The lowest BCUT2D eigenvalue weighted by Crippen LogP contribution is -2.39. The zero-order valence-electron chi connectivity index (χ0n) is 16.9. The second-order valence-electron chi connectivity index (χ2n) is 7.51. The van der Waals surface area contributed by atoms with Crippen LogP contribution in [0.1, 0.15) is 22.3 Å². The smallest absolute Gasteiger partial charge is 0.338 e. The normalized spacial score (nSPS) is 19.3. The first kappa shape index (κ1) is 20.6. The maximum Gasteiger partial charge on any atom is 0.338 e. The van der Waals surface area contributed by atoms with Crippen LogP contribution in [-0.4, -0.2) is 35.9 Å². The zero-order chi connectivity index (χ0) is 21.7. The molecule has 0 amide bonds. The summed E-state index contributed by atoms with van der Waals surface area (Å²) < 4.78 is 10.7. The number of carbonyl (C=O) groups excluding carboxylic acids is 2. The van der Waals surface area contributed by atoms with Gasteiger partial charge in [0.05, 0.1) is 12.2 Å². The molecule has 1 aliphatic rings. The van der Waals surface area contributed by atoms with E-state index in [0.717, 1.165) is 16.7 Å². The molecule has 1 N–H and O–H groups in total. The van der Waals surface area contributed by atoms with Gasteiger partial charge in [-0.25, -0.2) is 9.59 Å². The Morgan fingerprint density at radius 1 is 0.935 bits per heavy atom. The van der Waals surface area contributed by atoms with Crippen molar-refractivity contribution in [1.29, 1.82) is 0 Å². The summed E-state index contributed by atoms with van der Waals surface area (Å²) in [5.41, 5.74) is 2.60. The molecule has 0 saturated carbocycles. The summed E-state index contributed by atoms with van der Waals surface area (Å²) in [6, 6.07) is 26.4. The molecule has 1 atom stereocenters. The Kier molecular flexibility index (Phi) is 5.96. The Hall–Kier alpha value is -3.70. The van der Waals surface area contributed by atoms with Crippen LogP contribution in [0.5, 0.6) is 0 Å². The van der Waals surface area contributed by atoms with Crippen molar-refractivity contribution in [1.82, 2.24) is 0 Å². The lowest BCUT2D eigenvalue weighted by molar-refractivity contribution is -0.154. The van der Waals surface area contributed by atoms with Gasteiger partial charge in [0.1, 0.15) is 6.61 Å². The minimum absolute atomic E-state index is 0.158. The fraction of sp³-hybridized carbons (Fsp3) is 0.154. The van der Waals surface area contributed by atoms with E-state index in [2.05, 4.69) is 0 Å². The average molecular weight is 414 g/mol. The first-order chi connectivity index (χ1) is 15.1. The quantitative estimate of drug-likeness (QED) is 0.482. The number of benzene rings is 3. The molecular formula is C26H22O5. The van der Waals surface area contributed by atoms with Gasteiger partial charge in [-0.3, -0.25) is 0 Å². The number of aliphatic hydroxyl groups is 1. The van der Waals surface area contributed by atoms with Crippen molar-refractivity contribution in [2.75, 3.05) is 13.2 Å². The number of cyclic esters (lactones) is 1. The van der Waals surface area contributed by atoms with Crippen molar-refractivity contribution < 1.29 is 24.2 Å². The maximum atomic E-state index is 12.4. The van der Waals surface area contributed by atoms with E-state index in [1.54, 1.807) is 36.4 Å². The predicted molar refractivity (Wildman–Crippen MR) is 117 cm³/mol. The summed E-state index contributed by atoms with van der Waals surface area (Å²) in [5, 5.41) is 9.87. The first-order valence-electron chi connectivity index (χ1n) is 10.0. The molecule has 3 aromatic rings. The monoisotopic (exact) mass is 414 g/mol. The summed E-state index contributed by atoms with van der Waals surface area (Å²) >= 11 is 0. The van der Waals surface area contributed by atoms with E-state index in [1.165, 1.54) is 0 Å². The molecule has 1 fully saturated rings. The van der Waals surface area contributed by atoms with E-state index in [1.807, 2.05) is 54.6 Å². The third-order valence-electron chi connectivity index (χ3n) is 5.21. The molecule has 5 heteroatoms. The molecule has 4 rings (SSSR count). The van der Waals surface area contributed by atoms with Gasteiger partial charge in [-0.05, 0) is 34.9 Å². The van der Waals surface area contributed by atoms with Gasteiger partial charge in [0, 0.05) is 12.0 Å². The van der Waals surface area contributed by atoms with Gasteiger partial charge in [-0.1, -0.05) is 72.8 Å². The Balaban J connectivity index is 1.45. The minimum atomic E-state index is -1.27. The maximum absolute atomic E-state index is 12.4. The largest absolute Gasteiger partial charge is 0.458 e. The number of hydrogen-bond acceptors (Lipinski definition) is 5. The number of carbonyl (C=O) groups is 2. The van der Waals surface area contributed by atoms with E-state index in [4.69, 9.17) is 9.47 Å². The van der Waals surface area contributed by atoms with Crippen LogP contribution in [0.2, 0.25) is 0 Å². The van der Waals surface area contributed by atoms with Gasteiger partial charge in [-0.15, -0.1) is 0 Å². The highest BCUT2D eigenvalue weighted by Crippen LogP contribution is 2.33. The second kappa shape index (κ2) is 8.98. The zero-order valence-corrected chi connectivity index (χ0v) is 16.9. The van der Waals surface area contributed by atoms with Gasteiger partial charge in [0.15, 0.2) is 5.60 Å². The van der Waals surface area contributed by atoms with Gasteiger partial charge < -0.3 is 14.6 Å². The van der Waals surface area contributed by atoms with Crippen molar-refractivity contribution in [2.45, 2.75) is 12.0 Å². The van der Waals surface area contributed by atoms with E-state index in [-0.39, 0.29) is 13.0 Å². The van der Waals surface area contributed by atoms with E-state index < -0.39 is 24.1 Å². The number of aliphatic hydroxyl groups excluding tert-OH is 1. The lowest BCUT2D eigenvalue weighted by Gasteiger charge is -2.24. The molecule has 5 nitrogen and oxygen atoms in total. The molecule has 1 unspecified atom stereocenters. The lowest BCUT2D eigenvalue weighted by atomic mass is 9.97. The van der Waals surface area contributed by atoms with Gasteiger partial charge in [0.25, 0.3) is 0 Å². The third kappa shape index (κ3) is 4.73. The Morgan fingerprint density at radius 3 is 2.19 bits per heavy atom. The van der Waals surface area contributed by atoms with E-state index >= 15 is 0 Å². The molecule has 0 spiro atoms. The Morgan fingerprint density at radius 2 is 1.55 bits per heavy atom. The van der Waals surface area contributed by atoms with Crippen molar-refractivity contribution in [3.8, 4) is 11.1 Å². The predicted octanol–water partition coefficient (Wildman–Crippen LogP) is 4.27. The Bertz CT molecular complexity index is 1090. The van der Waals surface area contributed by atoms with Crippen LogP contribution < -0.4 is 0 Å². The summed E-state index contributed by atoms with van der Waals surface area (Å²) in [7, 11) is 0.